The van der Waals surface area contributed by atoms with E-state index in [4.69, 9.17) is 14.2 Å². The van der Waals surface area contributed by atoms with E-state index in [9.17, 15) is 4.79 Å². The molecule has 1 N–H and O–H groups in total. The summed E-state index contributed by atoms with van der Waals surface area (Å²) in [6.07, 6.45) is 3.95. The average Bonchev–Trinajstić information content (AvgIpc) is 3.24. The summed E-state index contributed by atoms with van der Waals surface area (Å²) in [6, 6.07) is 7.81. The lowest BCUT2D eigenvalue weighted by molar-refractivity contribution is -0.130. The van der Waals surface area contributed by atoms with E-state index in [1.807, 2.05) is 24.3 Å². The first-order valence-electron chi connectivity index (χ1n) is 8.04. The van der Waals surface area contributed by atoms with Crippen LogP contribution in [0.5, 0.6) is 5.75 Å². The van der Waals surface area contributed by atoms with Crippen molar-refractivity contribution in [2.24, 2.45) is 0 Å². The van der Waals surface area contributed by atoms with Crippen molar-refractivity contribution in [1.82, 2.24) is 5.32 Å². The van der Waals surface area contributed by atoms with E-state index in [-0.39, 0.29) is 18.1 Å². The highest BCUT2D eigenvalue weighted by Gasteiger charge is 2.23. The third kappa shape index (κ3) is 4.21. The Morgan fingerprint density at radius 3 is 2.59 bits per heavy atom. The average molecular weight is 305 g/mol. The fourth-order valence-electron chi connectivity index (χ4n) is 2.76. The zero-order chi connectivity index (χ0) is 15.2. The van der Waals surface area contributed by atoms with E-state index in [0.717, 1.165) is 43.6 Å². The highest BCUT2D eigenvalue weighted by Crippen LogP contribution is 2.17. The first-order valence-corrected chi connectivity index (χ1v) is 8.04. The Morgan fingerprint density at radius 2 is 1.91 bits per heavy atom. The Bertz CT molecular complexity index is 476. The van der Waals surface area contributed by atoms with Crippen LogP contribution in [0.1, 0.15) is 31.2 Å². The molecule has 2 heterocycles. The molecule has 3 rings (SSSR count). The maximum Gasteiger partial charge on any atom is 0.249 e. The van der Waals surface area contributed by atoms with Crippen LogP contribution in [0.3, 0.4) is 0 Å². The topological polar surface area (TPSA) is 56.8 Å². The highest BCUT2D eigenvalue weighted by atomic mass is 16.5. The van der Waals surface area contributed by atoms with E-state index in [1.165, 1.54) is 0 Å². The molecule has 5 heteroatoms. The number of carbonyl (C=O) groups excluding carboxylic acids is 1. The molecule has 2 atom stereocenters. The number of carbonyl (C=O) groups is 1. The molecule has 0 spiro atoms. The minimum atomic E-state index is -0.269. The minimum absolute atomic E-state index is 0.0174. The molecular formula is C17H23NO4. The lowest BCUT2D eigenvalue weighted by Gasteiger charge is -2.12. The maximum absolute atomic E-state index is 11.9. The summed E-state index contributed by atoms with van der Waals surface area (Å²) >= 11 is 0. The van der Waals surface area contributed by atoms with Gasteiger partial charge in [-0.15, -0.1) is 0 Å². The summed E-state index contributed by atoms with van der Waals surface area (Å²) in [4.78, 5) is 11.9. The quantitative estimate of drug-likeness (QED) is 0.874. The lowest BCUT2D eigenvalue weighted by atomic mass is 10.2. The number of hydrogen-bond acceptors (Lipinski definition) is 4. The van der Waals surface area contributed by atoms with E-state index < -0.39 is 0 Å². The SMILES string of the molecule is O=C(NCc1ccc(OC[C@H]2CCCO2)cc1)[C@@H]1CCCO1. The van der Waals surface area contributed by atoms with Gasteiger partial charge in [0.05, 0.1) is 6.10 Å². The fourth-order valence-corrected chi connectivity index (χ4v) is 2.76. The second-order valence-electron chi connectivity index (χ2n) is 5.81. The Balaban J connectivity index is 1.41. The van der Waals surface area contributed by atoms with Gasteiger partial charge in [-0.2, -0.15) is 0 Å². The zero-order valence-corrected chi connectivity index (χ0v) is 12.8. The molecule has 0 aromatic heterocycles. The number of hydrogen-bond donors (Lipinski definition) is 1. The molecule has 2 saturated heterocycles. The van der Waals surface area contributed by atoms with Crippen molar-refractivity contribution >= 4 is 5.91 Å². The molecule has 0 radical (unpaired) electrons. The normalized spacial score (nSPS) is 24.4. The third-order valence-electron chi connectivity index (χ3n) is 4.07. The van der Waals surface area contributed by atoms with Crippen LogP contribution in [0, 0.1) is 0 Å². The van der Waals surface area contributed by atoms with Crippen LogP contribution >= 0.6 is 0 Å². The van der Waals surface area contributed by atoms with Crippen molar-refractivity contribution in [2.45, 2.75) is 44.4 Å². The number of amides is 1. The van der Waals surface area contributed by atoms with Gasteiger partial charge < -0.3 is 19.5 Å². The number of benzene rings is 1. The van der Waals surface area contributed by atoms with Crippen molar-refractivity contribution in [2.75, 3.05) is 19.8 Å². The molecule has 1 aromatic rings. The van der Waals surface area contributed by atoms with Crippen LogP contribution in [-0.2, 0) is 20.8 Å². The second kappa shape index (κ2) is 7.61. The van der Waals surface area contributed by atoms with Crippen molar-refractivity contribution in [3.8, 4) is 5.75 Å². The molecule has 22 heavy (non-hydrogen) atoms. The largest absolute Gasteiger partial charge is 0.491 e. The second-order valence-corrected chi connectivity index (χ2v) is 5.81. The molecule has 1 amide bonds. The van der Waals surface area contributed by atoms with Crippen molar-refractivity contribution in [3.63, 3.8) is 0 Å². The number of rotatable bonds is 6. The number of nitrogens with one attached hydrogen (secondary N) is 1. The van der Waals surface area contributed by atoms with Crippen LogP contribution < -0.4 is 10.1 Å². The standard InChI is InChI=1S/C17H23NO4/c19-17(16-4-2-10-21-16)18-11-13-5-7-14(8-6-13)22-12-15-3-1-9-20-15/h5-8,15-16H,1-4,9-12H2,(H,18,19)/t15-,16+/m1/s1. The summed E-state index contributed by atoms with van der Waals surface area (Å²) in [5.41, 5.74) is 1.05. The molecule has 0 bridgehead atoms. The first kappa shape index (κ1) is 15.3. The van der Waals surface area contributed by atoms with Gasteiger partial charge in [0.25, 0.3) is 0 Å². The summed E-state index contributed by atoms with van der Waals surface area (Å²) in [5.74, 6) is 0.820. The van der Waals surface area contributed by atoms with Crippen LogP contribution in [0.25, 0.3) is 0 Å². The fraction of sp³-hybridized carbons (Fsp3) is 0.588. The Kier molecular flexibility index (Phi) is 5.29. The van der Waals surface area contributed by atoms with Gasteiger partial charge in [-0.05, 0) is 43.4 Å². The molecule has 0 aliphatic carbocycles. The van der Waals surface area contributed by atoms with Crippen molar-refractivity contribution in [3.05, 3.63) is 29.8 Å². The molecular weight excluding hydrogens is 282 g/mol. The molecule has 0 unspecified atom stereocenters. The van der Waals surface area contributed by atoms with Crippen LogP contribution in [-0.4, -0.2) is 37.9 Å². The van der Waals surface area contributed by atoms with Gasteiger partial charge in [-0.3, -0.25) is 4.79 Å². The Morgan fingerprint density at radius 1 is 1.14 bits per heavy atom. The maximum atomic E-state index is 11.9. The summed E-state index contributed by atoms with van der Waals surface area (Å²) < 4.78 is 16.6. The lowest BCUT2D eigenvalue weighted by Crippen LogP contribution is -2.33. The van der Waals surface area contributed by atoms with E-state index >= 15 is 0 Å². The minimum Gasteiger partial charge on any atom is -0.491 e. The molecule has 1 aromatic carbocycles. The zero-order valence-electron chi connectivity index (χ0n) is 12.8. The summed E-state index contributed by atoms with van der Waals surface area (Å²) in [7, 11) is 0. The van der Waals surface area contributed by atoms with E-state index in [0.29, 0.717) is 19.8 Å². The monoisotopic (exact) mass is 305 g/mol. The van der Waals surface area contributed by atoms with Crippen molar-refractivity contribution < 1.29 is 19.0 Å². The van der Waals surface area contributed by atoms with Crippen LogP contribution in [0.4, 0.5) is 0 Å². The van der Waals surface area contributed by atoms with Gasteiger partial charge in [-0.1, -0.05) is 12.1 Å². The predicted octanol–water partition coefficient (Wildman–Crippen LogP) is 2.04. The predicted molar refractivity (Wildman–Crippen MR) is 81.7 cm³/mol. The number of ether oxygens (including phenoxy) is 3. The Hall–Kier alpha value is -1.59. The molecule has 2 aliphatic rings. The first-order chi connectivity index (χ1) is 10.8. The molecule has 2 aliphatic heterocycles. The van der Waals surface area contributed by atoms with Crippen LogP contribution in [0.2, 0.25) is 0 Å². The Labute approximate surface area is 130 Å². The van der Waals surface area contributed by atoms with Crippen LogP contribution in [0.15, 0.2) is 24.3 Å². The van der Waals surface area contributed by atoms with Gasteiger partial charge in [-0.25, -0.2) is 0 Å². The third-order valence-corrected chi connectivity index (χ3v) is 4.07. The van der Waals surface area contributed by atoms with Gasteiger partial charge in [0.15, 0.2) is 0 Å². The van der Waals surface area contributed by atoms with Crippen molar-refractivity contribution in [1.29, 1.82) is 0 Å². The van der Waals surface area contributed by atoms with E-state index in [1.54, 1.807) is 0 Å². The van der Waals surface area contributed by atoms with Gasteiger partial charge >= 0.3 is 0 Å². The smallest absolute Gasteiger partial charge is 0.249 e. The van der Waals surface area contributed by atoms with Gasteiger partial charge in [0.1, 0.15) is 18.5 Å². The molecule has 2 fully saturated rings. The highest BCUT2D eigenvalue weighted by molar-refractivity contribution is 5.80. The molecule has 120 valence electrons. The van der Waals surface area contributed by atoms with E-state index in [2.05, 4.69) is 5.32 Å². The summed E-state index contributed by atoms with van der Waals surface area (Å²) in [6.45, 7) is 2.66. The molecule has 5 nitrogen and oxygen atoms in total. The van der Waals surface area contributed by atoms with Gasteiger partial charge in [0.2, 0.25) is 5.91 Å². The summed E-state index contributed by atoms with van der Waals surface area (Å²) in [5, 5.41) is 2.91. The van der Waals surface area contributed by atoms with Gasteiger partial charge in [0, 0.05) is 19.8 Å². The molecule has 0 saturated carbocycles.